The molecule has 2 atom stereocenters. The van der Waals surface area contributed by atoms with Crippen LogP contribution in [0.15, 0.2) is 60.7 Å². The first-order valence-corrected chi connectivity index (χ1v) is 9.99. The van der Waals surface area contributed by atoms with Crippen molar-refractivity contribution >= 4 is 7.60 Å². The monoisotopic (exact) mass is 364 g/mol. The molecule has 5 nitrogen and oxygen atoms in total. The summed E-state index contributed by atoms with van der Waals surface area (Å²) in [4.78, 5) is 0. The predicted molar refractivity (Wildman–Crippen MR) is 97.3 cm³/mol. The topological polar surface area (TPSA) is 65.0 Å². The molecule has 2 aromatic rings. The van der Waals surface area contributed by atoms with Crippen LogP contribution in [0.25, 0.3) is 0 Å². The quantitative estimate of drug-likeness (QED) is 0.628. The summed E-state index contributed by atoms with van der Waals surface area (Å²) in [5.74, 6) is -1.12. The van der Waals surface area contributed by atoms with Gasteiger partial charge >= 0.3 is 7.60 Å². The first-order valence-electron chi connectivity index (χ1n) is 8.38. The molecule has 25 heavy (non-hydrogen) atoms. The van der Waals surface area contributed by atoms with Gasteiger partial charge in [0.2, 0.25) is 0 Å². The molecule has 1 N–H and O–H groups in total. The smallest absolute Gasteiger partial charge is 0.362 e. The van der Waals surface area contributed by atoms with E-state index in [4.69, 9.17) is 13.8 Å². The molecular formula is C19H25O5P. The highest BCUT2D eigenvalue weighted by Gasteiger charge is 2.42. The molecule has 0 spiro atoms. The molecule has 0 aliphatic rings. The summed E-state index contributed by atoms with van der Waals surface area (Å²) in [6.07, 6.45) is -1.13. The lowest BCUT2D eigenvalue weighted by Gasteiger charge is -2.30. The van der Waals surface area contributed by atoms with E-state index in [9.17, 15) is 9.67 Å². The van der Waals surface area contributed by atoms with Gasteiger partial charge in [-0.15, -0.1) is 0 Å². The van der Waals surface area contributed by atoms with Gasteiger partial charge in [0.15, 0.2) is 5.85 Å². The first kappa shape index (κ1) is 19.8. The van der Waals surface area contributed by atoms with Crippen LogP contribution in [0.5, 0.6) is 0 Å². The second-order valence-electron chi connectivity index (χ2n) is 5.42. The predicted octanol–water partition coefficient (Wildman–Crippen LogP) is 4.53. The summed E-state index contributed by atoms with van der Waals surface area (Å²) in [6, 6.07) is 18.5. The molecule has 0 radical (unpaired) electrons. The number of aliphatic hydroxyl groups excluding tert-OH is 1. The van der Waals surface area contributed by atoms with E-state index >= 15 is 0 Å². The Morgan fingerprint density at radius 3 is 1.96 bits per heavy atom. The van der Waals surface area contributed by atoms with Crippen molar-refractivity contribution < 1.29 is 23.5 Å². The lowest BCUT2D eigenvalue weighted by Crippen LogP contribution is -2.25. The maximum absolute atomic E-state index is 13.2. The van der Waals surface area contributed by atoms with Crippen LogP contribution in [0, 0.1) is 0 Å². The summed E-state index contributed by atoms with van der Waals surface area (Å²) < 4.78 is 29.9. The molecule has 2 rings (SSSR count). The van der Waals surface area contributed by atoms with E-state index < -0.39 is 19.5 Å². The van der Waals surface area contributed by atoms with Crippen LogP contribution >= 0.6 is 7.60 Å². The van der Waals surface area contributed by atoms with Gasteiger partial charge in [-0.25, -0.2) is 0 Å². The van der Waals surface area contributed by atoms with Gasteiger partial charge in [-0.2, -0.15) is 0 Å². The van der Waals surface area contributed by atoms with Gasteiger partial charge in [0, 0.05) is 0 Å². The van der Waals surface area contributed by atoms with Crippen molar-refractivity contribution in [1.82, 2.24) is 0 Å². The van der Waals surface area contributed by atoms with Gasteiger partial charge in [0.1, 0.15) is 6.10 Å². The minimum absolute atomic E-state index is 0.194. The van der Waals surface area contributed by atoms with Crippen LogP contribution < -0.4 is 0 Å². The molecule has 0 heterocycles. The van der Waals surface area contributed by atoms with E-state index in [1.165, 1.54) is 0 Å². The fourth-order valence-corrected chi connectivity index (χ4v) is 4.33. The van der Waals surface area contributed by atoms with E-state index in [1.807, 2.05) is 36.4 Å². The molecule has 6 heteroatoms. The summed E-state index contributed by atoms with van der Waals surface area (Å²) in [5, 5.41) is 10.8. The highest BCUT2D eigenvalue weighted by Crippen LogP contribution is 2.57. The zero-order chi connectivity index (χ0) is 18.1. The Labute approximate surface area is 149 Å². The van der Waals surface area contributed by atoms with Gasteiger partial charge in [-0.05, 0) is 25.0 Å². The van der Waals surface area contributed by atoms with Crippen molar-refractivity contribution in [3.8, 4) is 0 Å². The largest absolute Gasteiger partial charge is 0.385 e. The number of hydrogen-bond acceptors (Lipinski definition) is 5. The Hall–Kier alpha value is -1.49. The minimum Gasteiger partial charge on any atom is -0.385 e. The third-order valence-corrected chi connectivity index (χ3v) is 5.90. The number of aliphatic hydroxyl groups is 1. The van der Waals surface area contributed by atoms with E-state index in [0.29, 0.717) is 5.56 Å². The molecule has 0 aliphatic carbocycles. The van der Waals surface area contributed by atoms with Crippen LogP contribution in [-0.2, 0) is 25.0 Å². The SMILES string of the molecule is CCOP(=O)(OCC)[C@H](OCc1ccccc1)[C@@H](O)c1ccccc1. The van der Waals surface area contributed by atoms with Gasteiger partial charge in [0.05, 0.1) is 19.8 Å². The fourth-order valence-electron chi connectivity index (χ4n) is 2.47. The van der Waals surface area contributed by atoms with Crippen LogP contribution in [0.2, 0.25) is 0 Å². The summed E-state index contributed by atoms with van der Waals surface area (Å²) in [5.41, 5.74) is 1.51. The molecule has 0 amide bonds. The van der Waals surface area contributed by atoms with Crippen LogP contribution in [0.4, 0.5) is 0 Å². The highest BCUT2D eigenvalue weighted by molar-refractivity contribution is 7.54. The van der Waals surface area contributed by atoms with Gasteiger partial charge in [0.25, 0.3) is 0 Å². The molecule has 2 aromatic carbocycles. The van der Waals surface area contributed by atoms with E-state index in [1.54, 1.807) is 38.1 Å². The van der Waals surface area contributed by atoms with Crippen molar-refractivity contribution in [2.24, 2.45) is 0 Å². The second-order valence-corrected chi connectivity index (χ2v) is 7.52. The number of ether oxygens (including phenoxy) is 1. The van der Waals surface area contributed by atoms with Crippen molar-refractivity contribution in [3.63, 3.8) is 0 Å². The normalized spacial score (nSPS) is 14.2. The van der Waals surface area contributed by atoms with Gasteiger partial charge in [-0.1, -0.05) is 60.7 Å². The Morgan fingerprint density at radius 2 is 1.44 bits per heavy atom. The Balaban J connectivity index is 2.27. The first-order chi connectivity index (χ1) is 12.1. The third-order valence-electron chi connectivity index (χ3n) is 3.60. The standard InChI is InChI=1S/C19H25O5P/c1-3-23-25(21,24-4-2)19(18(20)17-13-9-6-10-14-17)22-15-16-11-7-5-8-12-16/h5-14,18-20H,3-4,15H2,1-2H3/t18-,19-/m0/s1. The fraction of sp³-hybridized carbons (Fsp3) is 0.368. The molecule has 0 fully saturated rings. The molecule has 0 aromatic heterocycles. The van der Waals surface area contributed by atoms with Crippen LogP contribution in [-0.4, -0.2) is 24.2 Å². The zero-order valence-corrected chi connectivity index (χ0v) is 15.5. The van der Waals surface area contributed by atoms with Crippen molar-refractivity contribution in [2.75, 3.05) is 13.2 Å². The minimum atomic E-state index is -3.66. The lowest BCUT2D eigenvalue weighted by atomic mass is 10.1. The molecule has 0 saturated carbocycles. The van der Waals surface area contributed by atoms with Crippen molar-refractivity contribution in [3.05, 3.63) is 71.8 Å². The van der Waals surface area contributed by atoms with Crippen molar-refractivity contribution in [1.29, 1.82) is 0 Å². The lowest BCUT2D eigenvalue weighted by molar-refractivity contribution is -0.0204. The number of benzene rings is 2. The third kappa shape index (κ3) is 5.50. The summed E-state index contributed by atoms with van der Waals surface area (Å²) in [7, 11) is -3.66. The van der Waals surface area contributed by atoms with E-state index in [0.717, 1.165) is 5.56 Å². The molecule has 0 unspecified atom stereocenters. The Kier molecular flexibility index (Phi) is 7.82. The molecule has 136 valence electrons. The summed E-state index contributed by atoms with van der Waals surface area (Å²) >= 11 is 0. The molecule has 0 bridgehead atoms. The maximum atomic E-state index is 13.2. The molecule has 0 aliphatic heterocycles. The highest BCUT2D eigenvalue weighted by atomic mass is 31.2. The Morgan fingerprint density at radius 1 is 0.920 bits per heavy atom. The molecular weight excluding hydrogens is 339 g/mol. The van der Waals surface area contributed by atoms with E-state index in [-0.39, 0.29) is 19.8 Å². The number of rotatable bonds is 10. The maximum Gasteiger partial charge on any atom is 0.362 e. The van der Waals surface area contributed by atoms with Crippen LogP contribution in [0.3, 0.4) is 0 Å². The van der Waals surface area contributed by atoms with Gasteiger partial charge in [-0.3, -0.25) is 4.57 Å². The van der Waals surface area contributed by atoms with E-state index in [2.05, 4.69) is 0 Å². The van der Waals surface area contributed by atoms with Crippen LogP contribution in [0.1, 0.15) is 31.1 Å². The number of hydrogen-bond donors (Lipinski definition) is 1. The second kappa shape index (κ2) is 9.85. The van der Waals surface area contributed by atoms with Crippen molar-refractivity contribution in [2.45, 2.75) is 32.4 Å². The van der Waals surface area contributed by atoms with Gasteiger partial charge < -0.3 is 18.9 Å². The molecule has 0 saturated heterocycles. The summed E-state index contributed by atoms with van der Waals surface area (Å²) in [6.45, 7) is 4.05. The average Bonchev–Trinajstić information content (AvgIpc) is 2.63. The zero-order valence-electron chi connectivity index (χ0n) is 14.6. The average molecular weight is 364 g/mol. The Bertz CT molecular complexity index is 652.